The van der Waals surface area contributed by atoms with Gasteiger partial charge in [-0.2, -0.15) is 0 Å². The largest absolute Gasteiger partial charge is 0.268 e. The summed E-state index contributed by atoms with van der Waals surface area (Å²) >= 11 is 0. The maximum absolute atomic E-state index is 14.3. The zero-order valence-corrected chi connectivity index (χ0v) is 26.8. The third kappa shape index (κ3) is 3.04. The van der Waals surface area contributed by atoms with Crippen LogP contribution in [0.1, 0.15) is 50.5 Å². The molecule has 0 saturated carbocycles. The van der Waals surface area contributed by atoms with E-state index in [1.165, 1.54) is 0 Å². The van der Waals surface area contributed by atoms with Crippen molar-refractivity contribution in [2.24, 2.45) is 10.8 Å². The number of pyridine rings is 2. The number of fused-ring (bicyclic) bond motifs is 10. The Balaban J connectivity index is 1.28. The highest BCUT2D eigenvalue weighted by Gasteiger charge is 2.26. The van der Waals surface area contributed by atoms with E-state index in [2.05, 4.69) is 88.4 Å². The zero-order chi connectivity index (χ0) is 32.4. The van der Waals surface area contributed by atoms with Crippen molar-refractivity contribution in [2.45, 2.75) is 27.7 Å². The van der Waals surface area contributed by atoms with Crippen LogP contribution in [0.5, 0.6) is 0 Å². The molecule has 5 aromatic carbocycles. The maximum atomic E-state index is 14.3. The Morgan fingerprint density at radius 3 is 1.15 bits per heavy atom. The van der Waals surface area contributed by atoms with Crippen molar-refractivity contribution in [1.29, 1.82) is 0 Å². The summed E-state index contributed by atoms with van der Waals surface area (Å²) in [5.74, 6) is 0. The van der Waals surface area contributed by atoms with Crippen LogP contribution in [0.4, 0.5) is 0 Å². The minimum absolute atomic E-state index is 0.0626. The van der Waals surface area contributed by atoms with Gasteiger partial charge in [-0.15, -0.1) is 0 Å². The number of benzene rings is 5. The fourth-order valence-corrected chi connectivity index (χ4v) is 8.38. The van der Waals surface area contributed by atoms with Gasteiger partial charge in [0.05, 0.1) is 22.8 Å². The predicted octanol–water partition coefficient (Wildman–Crippen LogP) is 9.07. The molecule has 6 nitrogen and oxygen atoms in total. The second-order valence-corrected chi connectivity index (χ2v) is 14.8. The molecule has 0 spiro atoms. The number of imidazole rings is 2. The van der Waals surface area contributed by atoms with Gasteiger partial charge in [0.25, 0.3) is 11.1 Å². The van der Waals surface area contributed by atoms with Gasteiger partial charge in [-0.25, -0.2) is 9.97 Å². The van der Waals surface area contributed by atoms with Gasteiger partial charge in [-0.3, -0.25) is 18.4 Å². The van der Waals surface area contributed by atoms with E-state index < -0.39 is 0 Å². The van der Waals surface area contributed by atoms with Crippen molar-refractivity contribution in [3.8, 4) is 0 Å². The lowest BCUT2D eigenvalue weighted by molar-refractivity contribution is 0.633. The molecule has 2 aliphatic carbocycles. The molecule has 9 aromatic rings. The zero-order valence-electron chi connectivity index (χ0n) is 26.8. The Morgan fingerprint density at radius 1 is 0.438 bits per heavy atom. The molecule has 0 amide bonds. The van der Waals surface area contributed by atoms with E-state index in [-0.39, 0.29) is 21.9 Å². The normalized spacial score (nSPS) is 16.9. The van der Waals surface area contributed by atoms with Crippen LogP contribution >= 0.6 is 0 Å². The Bertz CT molecular complexity index is 2970. The van der Waals surface area contributed by atoms with Gasteiger partial charge < -0.3 is 0 Å². The molecule has 4 heterocycles. The SMILES string of the molecule is CC1(C)C=Cc2nc3c4ccc5c6ccc7c(=O)n8c9c(nc8c8ccc(c%10ccc(c(=O)n3c2C=C1)c4c%105)c6c78)C=CC(C)(C)C=C9. The molecule has 2 aliphatic rings. The molecule has 48 heavy (non-hydrogen) atoms. The molecule has 0 unspecified atom stereocenters. The van der Waals surface area contributed by atoms with Gasteiger partial charge in [0, 0.05) is 43.1 Å². The summed E-state index contributed by atoms with van der Waals surface area (Å²) in [5.41, 5.74) is 4.21. The number of aromatic nitrogens is 4. The van der Waals surface area contributed by atoms with Crippen LogP contribution in [0.15, 0.2) is 82.4 Å². The lowest BCUT2D eigenvalue weighted by Crippen LogP contribution is -2.15. The van der Waals surface area contributed by atoms with Crippen molar-refractivity contribution in [2.75, 3.05) is 0 Å². The summed E-state index contributed by atoms with van der Waals surface area (Å²) < 4.78 is 3.55. The van der Waals surface area contributed by atoms with Crippen molar-refractivity contribution in [3.05, 3.63) is 116 Å². The summed E-state index contributed by atoms with van der Waals surface area (Å²) in [7, 11) is 0. The summed E-state index contributed by atoms with van der Waals surface area (Å²) in [4.78, 5) is 38.7. The van der Waals surface area contributed by atoms with E-state index in [4.69, 9.17) is 9.97 Å². The van der Waals surface area contributed by atoms with Crippen LogP contribution in [0.2, 0.25) is 0 Å². The Hall–Kier alpha value is -5.88. The molecule has 0 saturated heterocycles. The Kier molecular flexibility index (Phi) is 4.45. The molecule has 0 fully saturated rings. The average molecular weight is 621 g/mol. The van der Waals surface area contributed by atoms with E-state index in [9.17, 15) is 9.59 Å². The molecule has 228 valence electrons. The number of hydrogen-bond donors (Lipinski definition) is 0. The lowest BCUT2D eigenvalue weighted by Gasteiger charge is -2.18. The van der Waals surface area contributed by atoms with Gasteiger partial charge in [-0.1, -0.05) is 76.3 Å². The van der Waals surface area contributed by atoms with Gasteiger partial charge >= 0.3 is 0 Å². The lowest BCUT2D eigenvalue weighted by atomic mass is 9.86. The van der Waals surface area contributed by atoms with Gasteiger partial charge in [0.2, 0.25) is 0 Å². The monoisotopic (exact) mass is 620 g/mol. The highest BCUT2D eigenvalue weighted by Crippen LogP contribution is 2.46. The number of hydrogen-bond acceptors (Lipinski definition) is 4. The molecule has 0 N–H and O–H groups in total. The van der Waals surface area contributed by atoms with Gasteiger partial charge in [-0.05, 0) is 80.9 Å². The number of nitrogens with zero attached hydrogens (tertiary/aromatic N) is 4. The molecule has 11 rings (SSSR count). The van der Waals surface area contributed by atoms with Gasteiger partial charge in [0.1, 0.15) is 11.3 Å². The quantitative estimate of drug-likeness (QED) is 0.125. The minimum Gasteiger partial charge on any atom is -0.268 e. The summed E-state index contributed by atoms with van der Waals surface area (Å²) in [6.45, 7) is 8.57. The first-order chi connectivity index (χ1) is 23.1. The van der Waals surface area contributed by atoms with Crippen LogP contribution in [-0.2, 0) is 0 Å². The number of rotatable bonds is 0. The van der Waals surface area contributed by atoms with Crippen LogP contribution in [0.25, 0.3) is 100 Å². The highest BCUT2D eigenvalue weighted by atomic mass is 16.1. The van der Waals surface area contributed by atoms with Crippen LogP contribution in [0.3, 0.4) is 0 Å². The second-order valence-electron chi connectivity index (χ2n) is 14.8. The highest BCUT2D eigenvalue weighted by molar-refractivity contribution is 6.40. The molecule has 0 radical (unpaired) electrons. The average Bonchev–Trinajstić information content (AvgIpc) is 3.55. The third-order valence-corrected chi connectivity index (χ3v) is 10.8. The van der Waals surface area contributed by atoms with Crippen LogP contribution in [0, 0.1) is 10.8 Å². The minimum atomic E-state index is -0.125. The number of allylic oxidation sites excluding steroid dienone is 4. The van der Waals surface area contributed by atoms with E-state index in [0.717, 1.165) is 76.6 Å². The fraction of sp³-hybridized carbons (Fsp3) is 0.143. The van der Waals surface area contributed by atoms with Crippen LogP contribution < -0.4 is 11.1 Å². The molecule has 0 aliphatic heterocycles. The van der Waals surface area contributed by atoms with Crippen molar-refractivity contribution < 1.29 is 0 Å². The first-order valence-corrected chi connectivity index (χ1v) is 16.4. The molecule has 0 bridgehead atoms. The summed E-state index contributed by atoms with van der Waals surface area (Å²) in [6, 6.07) is 16.7. The third-order valence-electron chi connectivity index (χ3n) is 10.8. The van der Waals surface area contributed by atoms with E-state index in [0.29, 0.717) is 22.1 Å². The molecule has 4 aromatic heterocycles. The molecular weight excluding hydrogens is 592 g/mol. The van der Waals surface area contributed by atoms with E-state index in [1.807, 2.05) is 36.4 Å². The predicted molar refractivity (Wildman–Crippen MR) is 199 cm³/mol. The molecule has 6 heteroatoms. The van der Waals surface area contributed by atoms with Crippen molar-refractivity contribution in [1.82, 2.24) is 18.8 Å². The van der Waals surface area contributed by atoms with E-state index in [1.54, 1.807) is 8.80 Å². The molecule has 0 atom stereocenters. The van der Waals surface area contributed by atoms with Crippen molar-refractivity contribution in [3.63, 3.8) is 0 Å². The first kappa shape index (κ1) is 26.2. The van der Waals surface area contributed by atoms with Crippen LogP contribution in [-0.4, -0.2) is 18.8 Å². The molecular formula is C42H28N4O2. The second kappa shape index (κ2) is 8.15. The Labute approximate surface area is 273 Å². The summed E-state index contributed by atoms with van der Waals surface area (Å²) in [6.07, 6.45) is 16.7. The summed E-state index contributed by atoms with van der Waals surface area (Å²) in [5, 5.41) is 11.5. The standard InChI is InChI=1S/C42H28N4O2/c1-41(2)17-13-29-31(15-19-41)45-37(43-29)25-9-5-21-24-8-12-28-36-26(38-44-30-14-18-42(3,4)20-16-32(30)46(38)40(28)48)10-6-22(34(24)36)23-7-11-27(39(45)47)35(25)33(21)23/h5-20H,1-4H3. The Morgan fingerprint density at radius 2 is 0.750 bits per heavy atom. The van der Waals surface area contributed by atoms with Gasteiger partial charge in [0.15, 0.2) is 0 Å². The van der Waals surface area contributed by atoms with Crippen molar-refractivity contribution >= 4 is 100 Å². The maximum Gasteiger partial charge on any atom is 0.264 e. The fourth-order valence-electron chi connectivity index (χ4n) is 8.38. The van der Waals surface area contributed by atoms with E-state index >= 15 is 0 Å². The first-order valence-electron chi connectivity index (χ1n) is 16.4. The smallest absolute Gasteiger partial charge is 0.264 e. The topological polar surface area (TPSA) is 68.7 Å².